The van der Waals surface area contributed by atoms with Gasteiger partial charge in [0, 0.05) is 11.8 Å². The first-order valence-electron chi connectivity index (χ1n) is 9.63. The van der Waals surface area contributed by atoms with Gasteiger partial charge in [-0.2, -0.15) is 0 Å². The van der Waals surface area contributed by atoms with Crippen LogP contribution in [-0.2, 0) is 31.9 Å². The molecule has 0 bridgehead atoms. The topological polar surface area (TPSA) is 187 Å². The SMILES string of the molecule is C[C@H](NC(=O)C(CO)NS(=O)(=O)Cc1ccccc1)C(=O)NCc1ccc(C(=N)N)cn1. The van der Waals surface area contributed by atoms with Gasteiger partial charge in [-0.3, -0.25) is 20.0 Å². The van der Waals surface area contributed by atoms with Crippen LogP contribution in [0.3, 0.4) is 0 Å². The zero-order valence-corrected chi connectivity index (χ0v) is 18.2. The molecule has 0 radical (unpaired) electrons. The Balaban J connectivity index is 1.88. The van der Waals surface area contributed by atoms with Crippen LogP contribution in [0.5, 0.6) is 0 Å². The van der Waals surface area contributed by atoms with Gasteiger partial charge >= 0.3 is 0 Å². The van der Waals surface area contributed by atoms with Crippen molar-refractivity contribution in [1.29, 1.82) is 5.41 Å². The van der Waals surface area contributed by atoms with Gasteiger partial charge in [0.25, 0.3) is 0 Å². The van der Waals surface area contributed by atoms with Crippen LogP contribution < -0.4 is 21.1 Å². The Morgan fingerprint density at radius 1 is 1.16 bits per heavy atom. The van der Waals surface area contributed by atoms with E-state index in [1.54, 1.807) is 42.5 Å². The average Bonchev–Trinajstić information content (AvgIpc) is 2.76. The molecule has 0 aliphatic rings. The number of nitrogen functional groups attached to an aromatic ring is 1. The van der Waals surface area contributed by atoms with E-state index in [0.717, 1.165) is 0 Å². The Kier molecular flexibility index (Phi) is 8.81. The number of nitrogens with one attached hydrogen (secondary N) is 4. The number of hydrogen-bond donors (Lipinski definition) is 6. The van der Waals surface area contributed by atoms with Crippen molar-refractivity contribution in [3.05, 3.63) is 65.5 Å². The summed E-state index contributed by atoms with van der Waals surface area (Å²) < 4.78 is 26.8. The van der Waals surface area contributed by atoms with Gasteiger partial charge in [-0.1, -0.05) is 30.3 Å². The lowest BCUT2D eigenvalue weighted by Gasteiger charge is -2.19. The molecule has 2 atom stereocenters. The van der Waals surface area contributed by atoms with Crippen LogP contribution in [0, 0.1) is 5.41 Å². The van der Waals surface area contributed by atoms with Crippen LogP contribution >= 0.6 is 0 Å². The van der Waals surface area contributed by atoms with Crippen molar-refractivity contribution in [2.45, 2.75) is 31.3 Å². The third-order valence-corrected chi connectivity index (χ3v) is 5.71. The van der Waals surface area contributed by atoms with E-state index in [9.17, 15) is 23.1 Å². The number of aromatic nitrogens is 1. The second-order valence-corrected chi connectivity index (χ2v) is 8.75. The lowest BCUT2D eigenvalue weighted by molar-refractivity contribution is -0.130. The fourth-order valence-corrected chi connectivity index (χ4v) is 3.95. The molecular weight excluding hydrogens is 436 g/mol. The number of aliphatic hydroxyl groups excluding tert-OH is 1. The lowest BCUT2D eigenvalue weighted by atomic mass is 10.2. The van der Waals surface area contributed by atoms with Gasteiger partial charge in [0.15, 0.2) is 0 Å². The maximum atomic E-state index is 12.4. The number of benzene rings is 1. The van der Waals surface area contributed by atoms with Crippen molar-refractivity contribution in [2.24, 2.45) is 5.73 Å². The second kappa shape index (κ2) is 11.3. The zero-order chi connectivity index (χ0) is 23.7. The molecule has 1 aromatic carbocycles. The van der Waals surface area contributed by atoms with Gasteiger partial charge in [-0.05, 0) is 24.6 Å². The molecule has 0 spiro atoms. The standard InChI is InChI=1S/C20H26N6O5S/c1-13(19(28)24-10-16-8-7-15(9-23-16)18(21)22)25-20(29)17(11-27)26-32(30,31)12-14-5-3-2-4-6-14/h2-9,13,17,26-27H,10-12H2,1H3,(H3,21,22)(H,24,28)(H,25,29)/t13-,17?/m0/s1. The maximum Gasteiger partial charge on any atom is 0.242 e. The number of rotatable bonds is 11. The summed E-state index contributed by atoms with van der Waals surface area (Å²) in [6, 6.07) is 9.13. The zero-order valence-electron chi connectivity index (χ0n) is 17.4. The first kappa shape index (κ1) is 24.9. The molecule has 0 saturated carbocycles. The van der Waals surface area contributed by atoms with Gasteiger partial charge in [0.05, 0.1) is 24.6 Å². The third kappa shape index (κ3) is 7.72. The number of pyridine rings is 1. The fourth-order valence-electron chi connectivity index (χ4n) is 2.62. The predicted octanol–water partition coefficient (Wildman–Crippen LogP) is -1.03. The van der Waals surface area contributed by atoms with E-state index in [2.05, 4.69) is 20.3 Å². The Morgan fingerprint density at radius 3 is 2.41 bits per heavy atom. The maximum absolute atomic E-state index is 12.4. The predicted molar refractivity (Wildman–Crippen MR) is 118 cm³/mol. The van der Waals surface area contributed by atoms with Crippen LogP contribution in [0.1, 0.15) is 23.7 Å². The molecule has 1 unspecified atom stereocenters. The number of amides is 2. The molecule has 12 heteroatoms. The average molecular weight is 463 g/mol. The Hall–Kier alpha value is -3.35. The van der Waals surface area contributed by atoms with Crippen molar-refractivity contribution < 1.29 is 23.1 Å². The molecule has 0 aliphatic carbocycles. The highest BCUT2D eigenvalue weighted by molar-refractivity contribution is 7.88. The number of aliphatic hydroxyl groups is 1. The minimum atomic E-state index is -3.91. The van der Waals surface area contributed by atoms with Gasteiger partial charge in [-0.15, -0.1) is 0 Å². The highest BCUT2D eigenvalue weighted by Crippen LogP contribution is 2.05. The van der Waals surface area contributed by atoms with Gasteiger partial charge in [-0.25, -0.2) is 13.1 Å². The van der Waals surface area contributed by atoms with E-state index < -0.39 is 40.5 Å². The minimum Gasteiger partial charge on any atom is -0.394 e. The first-order valence-corrected chi connectivity index (χ1v) is 11.3. The summed E-state index contributed by atoms with van der Waals surface area (Å²) in [6.07, 6.45) is 1.41. The lowest BCUT2D eigenvalue weighted by Crippen LogP contribution is -2.54. The van der Waals surface area contributed by atoms with Crippen LogP contribution in [0.25, 0.3) is 0 Å². The van der Waals surface area contributed by atoms with Crippen molar-refractivity contribution in [2.75, 3.05) is 6.61 Å². The first-order chi connectivity index (χ1) is 15.1. The summed E-state index contributed by atoms with van der Waals surface area (Å²) in [6.45, 7) is 0.720. The minimum absolute atomic E-state index is 0.0738. The Morgan fingerprint density at radius 2 is 1.84 bits per heavy atom. The number of amidine groups is 1. The van der Waals surface area contributed by atoms with Crippen molar-refractivity contribution >= 4 is 27.7 Å². The molecule has 172 valence electrons. The van der Waals surface area contributed by atoms with E-state index in [1.807, 2.05) is 0 Å². The molecule has 2 aromatic rings. The number of hydrogen-bond acceptors (Lipinski definition) is 7. The molecule has 0 fully saturated rings. The van der Waals surface area contributed by atoms with Crippen LogP contribution in [0.4, 0.5) is 0 Å². The molecule has 1 heterocycles. The fraction of sp³-hybridized carbons (Fsp3) is 0.300. The number of nitrogens with two attached hydrogens (primary N) is 1. The van der Waals surface area contributed by atoms with E-state index in [1.165, 1.54) is 13.1 Å². The van der Waals surface area contributed by atoms with Crippen molar-refractivity contribution in [3.8, 4) is 0 Å². The Bertz CT molecular complexity index is 1040. The van der Waals surface area contributed by atoms with E-state index >= 15 is 0 Å². The molecule has 2 rings (SSSR count). The summed E-state index contributed by atoms with van der Waals surface area (Å²) in [5.74, 6) is -1.85. The van der Waals surface area contributed by atoms with E-state index in [0.29, 0.717) is 16.8 Å². The number of carbonyl (C=O) groups excluding carboxylic acids is 2. The summed E-state index contributed by atoms with van der Waals surface area (Å²) in [4.78, 5) is 28.7. The van der Waals surface area contributed by atoms with E-state index in [4.69, 9.17) is 11.1 Å². The smallest absolute Gasteiger partial charge is 0.242 e. The number of sulfonamides is 1. The summed E-state index contributed by atoms with van der Waals surface area (Å²) >= 11 is 0. The molecule has 11 nitrogen and oxygen atoms in total. The van der Waals surface area contributed by atoms with Gasteiger partial charge < -0.3 is 21.5 Å². The van der Waals surface area contributed by atoms with Crippen molar-refractivity contribution in [1.82, 2.24) is 20.3 Å². The molecular formula is C20H26N6O5S. The second-order valence-electron chi connectivity index (χ2n) is 7.00. The molecule has 32 heavy (non-hydrogen) atoms. The highest BCUT2D eigenvalue weighted by atomic mass is 32.2. The van der Waals surface area contributed by atoms with Gasteiger partial charge in [0.1, 0.15) is 17.9 Å². The molecule has 7 N–H and O–H groups in total. The van der Waals surface area contributed by atoms with Crippen LogP contribution in [0.2, 0.25) is 0 Å². The normalized spacial score (nSPS) is 13.1. The highest BCUT2D eigenvalue weighted by Gasteiger charge is 2.26. The summed E-state index contributed by atoms with van der Waals surface area (Å²) in [5, 5.41) is 21.8. The van der Waals surface area contributed by atoms with Crippen LogP contribution in [-0.4, -0.2) is 54.8 Å². The number of carbonyl (C=O) groups is 2. The summed E-state index contributed by atoms with van der Waals surface area (Å²) in [5.41, 5.74) is 6.85. The monoisotopic (exact) mass is 462 g/mol. The van der Waals surface area contributed by atoms with Crippen LogP contribution in [0.15, 0.2) is 48.7 Å². The quantitative estimate of drug-likeness (QED) is 0.182. The largest absolute Gasteiger partial charge is 0.394 e. The molecule has 0 saturated heterocycles. The van der Waals surface area contributed by atoms with Gasteiger partial charge in [0.2, 0.25) is 21.8 Å². The third-order valence-electron chi connectivity index (χ3n) is 4.35. The van der Waals surface area contributed by atoms with E-state index in [-0.39, 0.29) is 18.1 Å². The molecule has 1 aromatic heterocycles. The molecule has 0 aliphatic heterocycles. The summed E-state index contributed by atoms with van der Waals surface area (Å²) in [7, 11) is -3.91. The Labute approximate surface area is 186 Å². The number of nitrogens with zero attached hydrogens (tertiary/aromatic N) is 1. The van der Waals surface area contributed by atoms with Crippen molar-refractivity contribution in [3.63, 3.8) is 0 Å². The molecule has 2 amide bonds.